The quantitative estimate of drug-likeness (QED) is 0.315. The third kappa shape index (κ3) is 21.9. The smallest absolute Gasteiger partial charge is 0.0431 e. The second kappa shape index (κ2) is 21.9. The van der Waals surface area contributed by atoms with Crippen LogP contribution in [0.2, 0.25) is 0 Å². The molecule has 0 rings (SSSR count). The zero-order valence-electron chi connectivity index (χ0n) is 15.5. The number of rotatable bonds is 20. The van der Waals surface area contributed by atoms with Crippen LogP contribution in [0, 0.1) is 0 Å². The van der Waals surface area contributed by atoms with Gasteiger partial charge < -0.3 is 10.2 Å². The van der Waals surface area contributed by atoms with Crippen molar-refractivity contribution < 1.29 is 10.2 Å². The first-order chi connectivity index (χ1) is 11.4. The fraction of sp³-hybridized carbons (Fsp3) is 1.00. The van der Waals surface area contributed by atoms with Gasteiger partial charge >= 0.3 is 0 Å². The summed E-state index contributed by atoms with van der Waals surface area (Å²) in [5, 5.41) is 22.0. The summed E-state index contributed by atoms with van der Waals surface area (Å²) in [6.45, 7) is 2.83. The van der Waals surface area contributed by atoms with Gasteiger partial charge in [0.1, 0.15) is 0 Å². The molecule has 2 N–H and O–H groups in total. The van der Waals surface area contributed by atoms with E-state index >= 15 is 0 Å². The standard InChI is InChI=1S/C20H42NO2/c22-19-15-11-7-3-1-5-9-13-17-21-18-14-10-6-2-4-8-12-16-20-23/h22-23H,1-20H2. The summed E-state index contributed by atoms with van der Waals surface area (Å²) in [6.07, 6.45) is 20.2. The van der Waals surface area contributed by atoms with E-state index in [0.29, 0.717) is 13.2 Å². The summed E-state index contributed by atoms with van der Waals surface area (Å²) in [6, 6.07) is 0. The molecule has 3 nitrogen and oxygen atoms in total. The van der Waals surface area contributed by atoms with Crippen LogP contribution in [0.5, 0.6) is 0 Å². The largest absolute Gasteiger partial charge is 0.396 e. The van der Waals surface area contributed by atoms with Crippen LogP contribution >= 0.6 is 0 Å². The Labute approximate surface area is 145 Å². The number of aliphatic hydroxyl groups is 2. The number of aliphatic hydroxyl groups excluding tert-OH is 2. The van der Waals surface area contributed by atoms with Gasteiger partial charge in [0.25, 0.3) is 0 Å². The number of unbranched alkanes of at least 4 members (excludes halogenated alkanes) is 14. The minimum Gasteiger partial charge on any atom is -0.396 e. The van der Waals surface area contributed by atoms with Crippen molar-refractivity contribution in [2.45, 2.75) is 103 Å². The molecule has 0 unspecified atom stereocenters. The van der Waals surface area contributed by atoms with Gasteiger partial charge in [-0.05, 0) is 25.7 Å². The topological polar surface area (TPSA) is 54.6 Å². The molecule has 0 heterocycles. The fourth-order valence-electron chi connectivity index (χ4n) is 2.90. The third-order valence-corrected chi connectivity index (χ3v) is 4.45. The van der Waals surface area contributed by atoms with Gasteiger partial charge in [-0.2, -0.15) is 0 Å². The molecule has 0 aromatic carbocycles. The van der Waals surface area contributed by atoms with Crippen LogP contribution in [0.3, 0.4) is 0 Å². The Morgan fingerprint density at radius 2 is 0.609 bits per heavy atom. The molecule has 0 spiro atoms. The van der Waals surface area contributed by atoms with Crippen LogP contribution < -0.4 is 5.32 Å². The monoisotopic (exact) mass is 328 g/mol. The van der Waals surface area contributed by atoms with Crippen molar-refractivity contribution in [3.63, 3.8) is 0 Å². The third-order valence-electron chi connectivity index (χ3n) is 4.45. The van der Waals surface area contributed by atoms with Gasteiger partial charge in [0.05, 0.1) is 0 Å². The zero-order chi connectivity index (χ0) is 16.8. The van der Waals surface area contributed by atoms with Crippen LogP contribution in [-0.4, -0.2) is 36.5 Å². The first-order valence-corrected chi connectivity index (χ1v) is 10.3. The minimum absolute atomic E-state index is 0.353. The zero-order valence-corrected chi connectivity index (χ0v) is 15.5. The number of hydrogen-bond acceptors (Lipinski definition) is 2. The first-order valence-electron chi connectivity index (χ1n) is 10.3. The molecule has 23 heavy (non-hydrogen) atoms. The van der Waals surface area contributed by atoms with Gasteiger partial charge in [-0.3, -0.25) is 0 Å². The van der Waals surface area contributed by atoms with Gasteiger partial charge in [-0.15, -0.1) is 0 Å². The molecule has 1 radical (unpaired) electrons. The highest BCUT2D eigenvalue weighted by atomic mass is 16.3. The van der Waals surface area contributed by atoms with Crippen molar-refractivity contribution in [1.82, 2.24) is 5.32 Å². The summed E-state index contributed by atoms with van der Waals surface area (Å²) in [5.41, 5.74) is 0. The maximum atomic E-state index is 8.69. The Hall–Kier alpha value is -0.120. The van der Waals surface area contributed by atoms with Crippen LogP contribution in [0.4, 0.5) is 0 Å². The van der Waals surface area contributed by atoms with Crippen molar-refractivity contribution in [3.8, 4) is 0 Å². The lowest BCUT2D eigenvalue weighted by Gasteiger charge is -2.04. The summed E-state index contributed by atoms with van der Waals surface area (Å²) < 4.78 is 0. The molecule has 0 atom stereocenters. The van der Waals surface area contributed by atoms with E-state index in [1.165, 1.54) is 89.9 Å². The highest BCUT2D eigenvalue weighted by Crippen LogP contribution is 2.09. The lowest BCUT2D eigenvalue weighted by molar-refractivity contribution is 0.282. The molecular formula is C20H42NO2. The molecule has 0 aromatic rings. The maximum Gasteiger partial charge on any atom is 0.0431 e. The molecule has 0 amide bonds. The van der Waals surface area contributed by atoms with E-state index < -0.39 is 0 Å². The number of hydrogen-bond donors (Lipinski definition) is 2. The van der Waals surface area contributed by atoms with E-state index in [1.807, 2.05) is 0 Å². The Kier molecular flexibility index (Phi) is 21.8. The van der Waals surface area contributed by atoms with Crippen LogP contribution in [0.1, 0.15) is 103 Å². The fourth-order valence-corrected chi connectivity index (χ4v) is 2.90. The molecular weight excluding hydrogens is 286 g/mol. The molecule has 0 aliphatic heterocycles. The highest BCUT2D eigenvalue weighted by Gasteiger charge is 1.95. The van der Waals surface area contributed by atoms with Gasteiger partial charge in [0, 0.05) is 26.3 Å². The van der Waals surface area contributed by atoms with Crippen molar-refractivity contribution >= 4 is 0 Å². The number of nitrogens with zero attached hydrogens (tertiary/aromatic N) is 1. The second-order valence-corrected chi connectivity index (χ2v) is 6.77. The highest BCUT2D eigenvalue weighted by molar-refractivity contribution is 4.52. The average molecular weight is 329 g/mol. The Morgan fingerprint density at radius 3 is 0.913 bits per heavy atom. The van der Waals surface area contributed by atoms with E-state index in [2.05, 4.69) is 5.32 Å². The van der Waals surface area contributed by atoms with Crippen LogP contribution in [-0.2, 0) is 0 Å². The predicted molar refractivity (Wildman–Crippen MR) is 99.9 cm³/mol. The van der Waals surface area contributed by atoms with Crippen LogP contribution in [0.25, 0.3) is 0 Å². The van der Waals surface area contributed by atoms with Gasteiger partial charge in [-0.25, -0.2) is 5.32 Å². The lowest BCUT2D eigenvalue weighted by atomic mass is 10.1. The predicted octanol–water partition coefficient (Wildman–Crippen LogP) is 4.82. The Bertz CT molecular complexity index is 180. The van der Waals surface area contributed by atoms with E-state index in [9.17, 15) is 0 Å². The molecule has 0 bridgehead atoms. The average Bonchev–Trinajstić information content (AvgIpc) is 2.57. The molecule has 0 aliphatic rings. The summed E-state index contributed by atoms with van der Waals surface area (Å²) in [7, 11) is 0. The van der Waals surface area contributed by atoms with E-state index in [4.69, 9.17) is 10.2 Å². The SMILES string of the molecule is OCCCCCCCCCC[N]CCCCCCCCCCO. The van der Waals surface area contributed by atoms with Gasteiger partial charge in [-0.1, -0.05) is 77.0 Å². The molecule has 0 saturated heterocycles. The minimum atomic E-state index is 0.353. The lowest BCUT2D eigenvalue weighted by Crippen LogP contribution is -2.08. The Balaban J connectivity index is 2.92. The van der Waals surface area contributed by atoms with Crippen molar-refractivity contribution in [2.24, 2.45) is 0 Å². The summed E-state index contributed by atoms with van der Waals surface area (Å²) >= 11 is 0. The van der Waals surface area contributed by atoms with E-state index in [0.717, 1.165) is 25.9 Å². The van der Waals surface area contributed by atoms with E-state index in [1.54, 1.807) is 0 Å². The van der Waals surface area contributed by atoms with Gasteiger partial charge in [0.2, 0.25) is 0 Å². The summed E-state index contributed by atoms with van der Waals surface area (Å²) in [5.74, 6) is 0. The van der Waals surface area contributed by atoms with Gasteiger partial charge in [0.15, 0.2) is 0 Å². The van der Waals surface area contributed by atoms with Crippen LogP contribution in [0.15, 0.2) is 0 Å². The Morgan fingerprint density at radius 1 is 0.348 bits per heavy atom. The first kappa shape index (κ1) is 22.9. The normalized spacial score (nSPS) is 11.2. The molecule has 0 fully saturated rings. The van der Waals surface area contributed by atoms with Crippen molar-refractivity contribution in [3.05, 3.63) is 0 Å². The molecule has 0 aromatic heterocycles. The molecule has 3 heteroatoms. The van der Waals surface area contributed by atoms with Crippen molar-refractivity contribution in [2.75, 3.05) is 26.3 Å². The molecule has 0 saturated carbocycles. The molecule has 0 aliphatic carbocycles. The van der Waals surface area contributed by atoms with E-state index in [-0.39, 0.29) is 0 Å². The van der Waals surface area contributed by atoms with Crippen molar-refractivity contribution in [1.29, 1.82) is 0 Å². The summed E-state index contributed by atoms with van der Waals surface area (Å²) in [4.78, 5) is 0. The maximum absolute atomic E-state index is 8.69. The second-order valence-electron chi connectivity index (χ2n) is 6.77. The molecule has 139 valence electrons.